The Hall–Kier alpha value is 0.400. The average molecular weight is 331 g/mol. The SMILES string of the molecule is BrC1CC(OCC2CCOCC2)C12CCCCCC2. The smallest absolute Gasteiger partial charge is 0.0653 e. The van der Waals surface area contributed by atoms with E-state index in [0.717, 1.165) is 25.7 Å². The summed E-state index contributed by atoms with van der Waals surface area (Å²) in [6.45, 7) is 2.84. The summed E-state index contributed by atoms with van der Waals surface area (Å²) in [5.41, 5.74) is 0.474. The van der Waals surface area contributed by atoms with E-state index in [0.29, 0.717) is 16.3 Å². The first-order chi connectivity index (χ1) is 9.31. The average Bonchev–Trinajstić information content (AvgIpc) is 2.72. The first-order valence-corrected chi connectivity index (χ1v) is 9.06. The summed E-state index contributed by atoms with van der Waals surface area (Å²) in [7, 11) is 0. The predicted octanol–water partition coefficient (Wildman–Crippen LogP) is 4.31. The highest BCUT2D eigenvalue weighted by atomic mass is 79.9. The minimum absolute atomic E-state index is 0.474. The standard InChI is InChI=1S/C16H27BrO2/c17-14-11-15(16(14)7-3-1-2-4-8-16)19-12-13-5-9-18-10-6-13/h13-15H,1-12H2. The fourth-order valence-electron chi connectivity index (χ4n) is 4.12. The lowest BCUT2D eigenvalue weighted by molar-refractivity contribution is -0.126. The summed E-state index contributed by atoms with van der Waals surface area (Å²) >= 11 is 3.92. The zero-order chi connectivity index (χ0) is 13.1. The monoisotopic (exact) mass is 330 g/mol. The van der Waals surface area contributed by atoms with Crippen molar-refractivity contribution in [2.24, 2.45) is 11.3 Å². The number of hydrogen-bond donors (Lipinski definition) is 0. The molecule has 2 nitrogen and oxygen atoms in total. The molecule has 3 rings (SSSR count). The second-order valence-electron chi connectivity index (χ2n) is 6.73. The van der Waals surface area contributed by atoms with Gasteiger partial charge in [-0.25, -0.2) is 0 Å². The van der Waals surface area contributed by atoms with Gasteiger partial charge in [-0.15, -0.1) is 0 Å². The maximum Gasteiger partial charge on any atom is 0.0653 e. The van der Waals surface area contributed by atoms with Gasteiger partial charge in [-0.2, -0.15) is 0 Å². The molecule has 3 aliphatic rings. The predicted molar refractivity (Wildman–Crippen MR) is 80.8 cm³/mol. The highest BCUT2D eigenvalue weighted by Crippen LogP contribution is 2.55. The van der Waals surface area contributed by atoms with Crippen LogP contribution in [0.1, 0.15) is 57.8 Å². The molecule has 0 aromatic rings. The van der Waals surface area contributed by atoms with Crippen molar-refractivity contribution in [1.82, 2.24) is 0 Å². The molecular formula is C16H27BrO2. The molecule has 0 radical (unpaired) electrons. The van der Waals surface area contributed by atoms with Gasteiger partial charge in [0.25, 0.3) is 0 Å². The zero-order valence-electron chi connectivity index (χ0n) is 11.9. The van der Waals surface area contributed by atoms with Gasteiger partial charge < -0.3 is 9.47 Å². The Balaban J connectivity index is 1.52. The highest BCUT2D eigenvalue weighted by molar-refractivity contribution is 9.09. The third-order valence-corrected chi connectivity index (χ3v) is 6.88. The molecule has 1 spiro atoms. The maximum absolute atomic E-state index is 6.35. The molecule has 110 valence electrons. The normalized spacial score (nSPS) is 35.8. The van der Waals surface area contributed by atoms with E-state index >= 15 is 0 Å². The van der Waals surface area contributed by atoms with E-state index in [1.165, 1.54) is 57.8 Å². The van der Waals surface area contributed by atoms with Crippen LogP contribution >= 0.6 is 15.9 Å². The third-order valence-electron chi connectivity index (χ3n) is 5.59. The lowest BCUT2D eigenvalue weighted by atomic mass is 9.61. The van der Waals surface area contributed by atoms with Crippen molar-refractivity contribution in [3.63, 3.8) is 0 Å². The van der Waals surface area contributed by atoms with E-state index in [2.05, 4.69) is 15.9 Å². The third kappa shape index (κ3) is 3.03. The molecule has 2 aliphatic carbocycles. The molecule has 0 aromatic heterocycles. The Morgan fingerprint density at radius 3 is 2.37 bits per heavy atom. The fraction of sp³-hybridized carbons (Fsp3) is 1.00. The number of rotatable bonds is 3. The second-order valence-corrected chi connectivity index (χ2v) is 7.83. The van der Waals surface area contributed by atoms with Crippen molar-refractivity contribution in [1.29, 1.82) is 0 Å². The first kappa shape index (κ1) is 14.3. The number of alkyl halides is 1. The van der Waals surface area contributed by atoms with E-state index < -0.39 is 0 Å². The van der Waals surface area contributed by atoms with Gasteiger partial charge in [0.1, 0.15) is 0 Å². The minimum Gasteiger partial charge on any atom is -0.381 e. The van der Waals surface area contributed by atoms with Crippen LogP contribution in [0.3, 0.4) is 0 Å². The van der Waals surface area contributed by atoms with Gasteiger partial charge >= 0.3 is 0 Å². The Morgan fingerprint density at radius 2 is 1.74 bits per heavy atom. The highest BCUT2D eigenvalue weighted by Gasteiger charge is 2.54. The lowest BCUT2D eigenvalue weighted by Gasteiger charge is -2.54. The molecule has 0 aromatic carbocycles. The van der Waals surface area contributed by atoms with Crippen molar-refractivity contribution in [3.05, 3.63) is 0 Å². The molecule has 3 heteroatoms. The molecule has 0 N–H and O–H groups in total. The Kier molecular flexibility index (Phi) is 4.86. The molecule has 1 aliphatic heterocycles. The summed E-state index contributed by atoms with van der Waals surface area (Å²) in [5.74, 6) is 0.742. The maximum atomic E-state index is 6.35. The van der Waals surface area contributed by atoms with Crippen molar-refractivity contribution < 1.29 is 9.47 Å². The topological polar surface area (TPSA) is 18.5 Å². The van der Waals surface area contributed by atoms with Crippen LogP contribution in [0.25, 0.3) is 0 Å². The molecule has 2 saturated carbocycles. The largest absolute Gasteiger partial charge is 0.381 e. The van der Waals surface area contributed by atoms with E-state index in [-0.39, 0.29) is 0 Å². The summed E-state index contributed by atoms with van der Waals surface area (Å²) in [5, 5.41) is 0. The Morgan fingerprint density at radius 1 is 1.05 bits per heavy atom. The van der Waals surface area contributed by atoms with Crippen molar-refractivity contribution in [2.75, 3.05) is 19.8 Å². The van der Waals surface area contributed by atoms with Crippen LogP contribution in [-0.2, 0) is 9.47 Å². The van der Waals surface area contributed by atoms with Gasteiger partial charge in [0.05, 0.1) is 6.10 Å². The van der Waals surface area contributed by atoms with Crippen molar-refractivity contribution in [3.8, 4) is 0 Å². The van der Waals surface area contributed by atoms with Gasteiger partial charge in [0, 0.05) is 30.1 Å². The van der Waals surface area contributed by atoms with Crippen LogP contribution in [0.2, 0.25) is 0 Å². The van der Waals surface area contributed by atoms with E-state index in [1.807, 2.05) is 0 Å². The van der Waals surface area contributed by atoms with E-state index in [1.54, 1.807) is 0 Å². The molecule has 19 heavy (non-hydrogen) atoms. The molecule has 1 saturated heterocycles. The van der Waals surface area contributed by atoms with Gasteiger partial charge in [-0.1, -0.05) is 41.6 Å². The van der Waals surface area contributed by atoms with E-state index in [4.69, 9.17) is 9.47 Å². The first-order valence-electron chi connectivity index (χ1n) is 8.15. The van der Waals surface area contributed by atoms with Crippen LogP contribution in [0.4, 0.5) is 0 Å². The number of hydrogen-bond acceptors (Lipinski definition) is 2. The lowest BCUT2D eigenvalue weighted by Crippen LogP contribution is -2.55. The Bertz CT molecular complexity index is 280. The van der Waals surface area contributed by atoms with Gasteiger partial charge in [0.2, 0.25) is 0 Å². The van der Waals surface area contributed by atoms with Crippen molar-refractivity contribution in [2.45, 2.75) is 68.7 Å². The number of halogens is 1. The molecule has 2 unspecified atom stereocenters. The molecule has 0 bridgehead atoms. The van der Waals surface area contributed by atoms with E-state index in [9.17, 15) is 0 Å². The summed E-state index contributed by atoms with van der Waals surface area (Å²) in [6.07, 6.45) is 12.5. The summed E-state index contributed by atoms with van der Waals surface area (Å²) in [6, 6.07) is 0. The fourth-order valence-corrected chi connectivity index (χ4v) is 5.21. The van der Waals surface area contributed by atoms with Crippen molar-refractivity contribution >= 4 is 15.9 Å². The van der Waals surface area contributed by atoms with Gasteiger partial charge in [-0.05, 0) is 38.0 Å². The van der Waals surface area contributed by atoms with Gasteiger partial charge in [0.15, 0.2) is 0 Å². The molecular weight excluding hydrogens is 304 g/mol. The molecule has 0 amide bonds. The minimum atomic E-state index is 0.474. The number of ether oxygens (including phenoxy) is 2. The van der Waals surface area contributed by atoms with Crippen LogP contribution < -0.4 is 0 Å². The zero-order valence-corrected chi connectivity index (χ0v) is 13.5. The van der Waals surface area contributed by atoms with Gasteiger partial charge in [-0.3, -0.25) is 0 Å². The second kappa shape index (κ2) is 6.44. The van der Waals surface area contributed by atoms with Crippen LogP contribution in [-0.4, -0.2) is 30.8 Å². The Labute approximate surface area is 125 Å². The molecule has 2 atom stereocenters. The quantitative estimate of drug-likeness (QED) is 0.718. The summed E-state index contributed by atoms with van der Waals surface area (Å²) < 4.78 is 11.8. The van der Waals surface area contributed by atoms with Crippen LogP contribution in [0.15, 0.2) is 0 Å². The summed E-state index contributed by atoms with van der Waals surface area (Å²) in [4.78, 5) is 0.706. The molecule has 3 fully saturated rings. The molecule has 1 heterocycles. The van der Waals surface area contributed by atoms with Crippen LogP contribution in [0.5, 0.6) is 0 Å². The van der Waals surface area contributed by atoms with Crippen LogP contribution in [0, 0.1) is 11.3 Å².